The Morgan fingerprint density at radius 3 is 2.76 bits per heavy atom. The summed E-state index contributed by atoms with van der Waals surface area (Å²) in [6.45, 7) is 2.44. The van der Waals surface area contributed by atoms with Crippen LogP contribution < -0.4 is 4.74 Å². The molecular formula is C19H22F3N3O3S. The Hall–Kier alpha value is -2.07. The molecule has 0 radical (unpaired) electrons. The molecule has 2 heterocycles. The molecule has 158 valence electrons. The van der Waals surface area contributed by atoms with E-state index in [1.807, 2.05) is 6.92 Å². The summed E-state index contributed by atoms with van der Waals surface area (Å²) in [7, 11) is -3.75. The lowest BCUT2D eigenvalue weighted by Crippen LogP contribution is -2.47. The molecule has 2 aromatic rings. The summed E-state index contributed by atoms with van der Waals surface area (Å²) in [5, 5.41) is 4.06. The molecule has 2 bridgehead atoms. The van der Waals surface area contributed by atoms with Crippen molar-refractivity contribution in [2.75, 3.05) is 6.61 Å². The number of aryl methyl sites for hydroxylation is 1. The van der Waals surface area contributed by atoms with Crippen molar-refractivity contribution in [2.24, 2.45) is 5.92 Å². The molecule has 1 aromatic heterocycles. The van der Waals surface area contributed by atoms with Gasteiger partial charge in [-0.05, 0) is 50.3 Å². The average Bonchev–Trinajstić information content (AvgIpc) is 3.41. The number of nitrogens with zero attached hydrogens (tertiary/aromatic N) is 3. The number of fused-ring (bicyclic) bond motifs is 2. The van der Waals surface area contributed by atoms with E-state index < -0.39 is 27.8 Å². The van der Waals surface area contributed by atoms with E-state index in [2.05, 4.69) is 5.10 Å². The first-order chi connectivity index (χ1) is 13.7. The molecule has 1 aliphatic carbocycles. The van der Waals surface area contributed by atoms with Crippen LogP contribution >= 0.6 is 0 Å². The van der Waals surface area contributed by atoms with E-state index in [0.29, 0.717) is 6.54 Å². The molecule has 10 heteroatoms. The van der Waals surface area contributed by atoms with E-state index in [0.717, 1.165) is 31.4 Å². The van der Waals surface area contributed by atoms with Crippen LogP contribution in [-0.4, -0.2) is 41.2 Å². The molecule has 4 rings (SSSR count). The number of aromatic nitrogens is 2. The average molecular weight is 429 g/mol. The number of piperidine rings is 1. The van der Waals surface area contributed by atoms with Crippen LogP contribution in [0.25, 0.3) is 0 Å². The fourth-order valence-corrected chi connectivity index (χ4v) is 6.20. The lowest BCUT2D eigenvalue weighted by molar-refractivity contribution is -0.137. The number of hydrogen-bond donors (Lipinski definition) is 0. The minimum absolute atomic E-state index is 0.0175. The third-order valence-corrected chi connectivity index (χ3v) is 7.70. The number of sulfonamides is 1. The molecule has 3 atom stereocenters. The van der Waals surface area contributed by atoms with Gasteiger partial charge in [0.05, 0.1) is 17.8 Å². The fourth-order valence-electron chi connectivity index (χ4n) is 4.35. The second-order valence-corrected chi connectivity index (χ2v) is 9.34. The smallest absolute Gasteiger partial charge is 0.416 e. The standard InChI is InChI=1S/C19H22F3N3O3S/c1-2-24-11-17(10-23-24)29(26,27)25-15-7-6-13(8-15)18(25)12-28-16-5-3-4-14(9-16)19(20,21)22/h3-5,9-11,13,15,18H,2,6-8,12H2,1H3/t13-,15-,18-/m1/s1. The topological polar surface area (TPSA) is 64.4 Å². The van der Waals surface area contributed by atoms with E-state index in [1.165, 1.54) is 28.8 Å². The van der Waals surface area contributed by atoms with Gasteiger partial charge < -0.3 is 4.74 Å². The SMILES string of the molecule is CCn1cc(S(=O)(=O)N2[C@@H]3CC[C@H](C3)[C@H]2COc2cccc(C(F)(F)F)c2)cn1. The molecule has 6 nitrogen and oxygen atoms in total. The predicted molar refractivity (Wildman–Crippen MR) is 98.8 cm³/mol. The third-order valence-electron chi connectivity index (χ3n) is 5.77. The van der Waals surface area contributed by atoms with Crippen molar-refractivity contribution < 1.29 is 26.3 Å². The number of benzene rings is 1. The largest absolute Gasteiger partial charge is 0.492 e. The molecule has 0 spiro atoms. The highest BCUT2D eigenvalue weighted by Crippen LogP contribution is 2.45. The van der Waals surface area contributed by atoms with Gasteiger partial charge >= 0.3 is 6.18 Å². The molecule has 1 aromatic carbocycles. The monoisotopic (exact) mass is 429 g/mol. The summed E-state index contributed by atoms with van der Waals surface area (Å²) in [4.78, 5) is 0.135. The molecule has 0 unspecified atom stereocenters. The van der Waals surface area contributed by atoms with Crippen LogP contribution in [0.4, 0.5) is 13.2 Å². The van der Waals surface area contributed by atoms with Crippen molar-refractivity contribution in [2.45, 2.75) is 55.9 Å². The van der Waals surface area contributed by atoms with Crippen LogP contribution in [0, 0.1) is 5.92 Å². The zero-order chi connectivity index (χ0) is 20.8. The first-order valence-electron chi connectivity index (χ1n) is 9.56. The molecule has 2 fully saturated rings. The molecule has 0 N–H and O–H groups in total. The van der Waals surface area contributed by atoms with Crippen LogP contribution in [-0.2, 0) is 22.7 Å². The van der Waals surface area contributed by atoms with Crippen LogP contribution in [0.5, 0.6) is 5.75 Å². The van der Waals surface area contributed by atoms with E-state index in [-0.39, 0.29) is 29.2 Å². The van der Waals surface area contributed by atoms with E-state index in [1.54, 1.807) is 4.68 Å². The van der Waals surface area contributed by atoms with E-state index in [9.17, 15) is 21.6 Å². The fraction of sp³-hybridized carbons (Fsp3) is 0.526. The predicted octanol–water partition coefficient (Wildman–Crippen LogP) is 3.54. The van der Waals surface area contributed by atoms with Gasteiger partial charge in [-0.2, -0.15) is 22.6 Å². The summed E-state index contributed by atoms with van der Waals surface area (Å²) in [5.74, 6) is 0.223. The molecule has 1 saturated carbocycles. The molecule has 0 amide bonds. The van der Waals surface area contributed by atoms with Gasteiger partial charge in [0.15, 0.2) is 0 Å². The zero-order valence-corrected chi connectivity index (χ0v) is 16.7. The molecule has 1 aliphatic heterocycles. The number of hydrogen-bond acceptors (Lipinski definition) is 4. The van der Waals surface area contributed by atoms with Crippen LogP contribution in [0.2, 0.25) is 0 Å². The maximum atomic E-state index is 13.2. The Kier molecular flexibility index (Phi) is 5.10. The quantitative estimate of drug-likeness (QED) is 0.705. The highest BCUT2D eigenvalue weighted by Gasteiger charge is 2.52. The van der Waals surface area contributed by atoms with Gasteiger partial charge in [-0.3, -0.25) is 4.68 Å². The van der Waals surface area contributed by atoms with Gasteiger partial charge in [-0.25, -0.2) is 8.42 Å². The minimum atomic E-state index is -4.46. The Morgan fingerprint density at radius 2 is 2.07 bits per heavy atom. The second kappa shape index (κ2) is 7.32. The molecular weight excluding hydrogens is 407 g/mol. The summed E-state index contributed by atoms with van der Waals surface area (Å²) < 4.78 is 73.9. The second-order valence-electron chi connectivity index (χ2n) is 7.50. The van der Waals surface area contributed by atoms with Crippen molar-refractivity contribution in [3.8, 4) is 5.75 Å². The van der Waals surface area contributed by atoms with Crippen molar-refractivity contribution in [1.29, 1.82) is 0 Å². The van der Waals surface area contributed by atoms with Crippen LogP contribution in [0.1, 0.15) is 31.7 Å². The zero-order valence-electron chi connectivity index (χ0n) is 15.8. The van der Waals surface area contributed by atoms with Crippen LogP contribution in [0.3, 0.4) is 0 Å². The van der Waals surface area contributed by atoms with Crippen molar-refractivity contribution in [3.63, 3.8) is 0 Å². The highest BCUT2D eigenvalue weighted by molar-refractivity contribution is 7.89. The lowest BCUT2D eigenvalue weighted by Gasteiger charge is -2.33. The van der Waals surface area contributed by atoms with Gasteiger partial charge in [0, 0.05) is 18.8 Å². The maximum Gasteiger partial charge on any atom is 0.416 e. The van der Waals surface area contributed by atoms with Gasteiger partial charge in [0.25, 0.3) is 0 Å². The Morgan fingerprint density at radius 1 is 1.28 bits per heavy atom. The summed E-state index contributed by atoms with van der Waals surface area (Å²) in [6.07, 6.45) is 0.813. The highest BCUT2D eigenvalue weighted by atomic mass is 32.2. The Bertz CT molecular complexity index is 990. The van der Waals surface area contributed by atoms with Gasteiger partial charge in [0.1, 0.15) is 17.3 Å². The molecule has 1 saturated heterocycles. The Labute approximate surface area is 167 Å². The van der Waals surface area contributed by atoms with E-state index in [4.69, 9.17) is 4.74 Å². The molecule has 29 heavy (non-hydrogen) atoms. The minimum Gasteiger partial charge on any atom is -0.492 e. The van der Waals surface area contributed by atoms with E-state index >= 15 is 0 Å². The summed E-state index contributed by atoms with van der Waals surface area (Å²) in [6, 6.07) is 4.15. The summed E-state index contributed by atoms with van der Waals surface area (Å²) >= 11 is 0. The first kappa shape index (κ1) is 20.2. The maximum absolute atomic E-state index is 13.2. The van der Waals surface area contributed by atoms with Crippen LogP contribution in [0.15, 0.2) is 41.6 Å². The third kappa shape index (κ3) is 3.75. The Balaban J connectivity index is 1.55. The normalized spacial score (nSPS) is 24.9. The van der Waals surface area contributed by atoms with Crippen molar-refractivity contribution in [3.05, 3.63) is 42.2 Å². The van der Waals surface area contributed by atoms with Crippen molar-refractivity contribution in [1.82, 2.24) is 14.1 Å². The first-order valence-corrected chi connectivity index (χ1v) is 11.0. The summed E-state index contributed by atoms with van der Waals surface area (Å²) in [5.41, 5.74) is -0.792. The van der Waals surface area contributed by atoms with Gasteiger partial charge in [-0.15, -0.1) is 0 Å². The lowest BCUT2D eigenvalue weighted by atomic mass is 10.0. The van der Waals surface area contributed by atoms with Gasteiger partial charge in [0.2, 0.25) is 10.0 Å². The number of alkyl halides is 3. The number of rotatable bonds is 6. The number of ether oxygens (including phenoxy) is 1. The number of halogens is 3. The van der Waals surface area contributed by atoms with Gasteiger partial charge in [-0.1, -0.05) is 6.07 Å². The van der Waals surface area contributed by atoms with Crippen molar-refractivity contribution >= 4 is 10.0 Å². The molecule has 2 aliphatic rings.